The van der Waals surface area contributed by atoms with Gasteiger partial charge in [0.25, 0.3) is 5.91 Å². The largest absolute Gasteiger partial charge is 0.342 e. The lowest BCUT2D eigenvalue weighted by molar-refractivity contribution is -0.112. The molecule has 4 heteroatoms. The summed E-state index contributed by atoms with van der Waals surface area (Å²) >= 11 is 0. The molecule has 0 radical (unpaired) electrons. The fraction of sp³-hybridized carbons (Fsp3) is 0.0769. The Hall–Kier alpha value is -4.10. The highest BCUT2D eigenvalue weighted by atomic mass is 16.1. The second-order valence-electron chi connectivity index (χ2n) is 7.21. The third-order valence-electron chi connectivity index (χ3n) is 4.95. The molecule has 3 aromatic carbocycles. The Morgan fingerprint density at radius 3 is 2.57 bits per heavy atom. The van der Waals surface area contributed by atoms with Crippen LogP contribution in [0.15, 0.2) is 90.6 Å². The van der Waals surface area contributed by atoms with Crippen molar-refractivity contribution in [1.82, 2.24) is 4.57 Å². The zero-order valence-electron chi connectivity index (χ0n) is 16.7. The average Bonchev–Trinajstić information content (AvgIpc) is 3.10. The minimum Gasteiger partial charge on any atom is -0.342 e. The summed E-state index contributed by atoms with van der Waals surface area (Å²) in [6.45, 7) is 2.80. The molecule has 30 heavy (non-hydrogen) atoms. The maximum atomic E-state index is 12.6. The Bertz CT molecular complexity index is 1280. The molecule has 0 aliphatic carbocycles. The van der Waals surface area contributed by atoms with Crippen LogP contribution in [0.25, 0.3) is 17.0 Å². The van der Waals surface area contributed by atoms with E-state index in [1.54, 1.807) is 18.2 Å². The summed E-state index contributed by atoms with van der Waals surface area (Å²) in [7, 11) is 0. The fourth-order valence-electron chi connectivity index (χ4n) is 3.55. The number of anilines is 1. The Kier molecular flexibility index (Phi) is 5.45. The lowest BCUT2D eigenvalue weighted by Gasteiger charge is -2.06. The highest BCUT2D eigenvalue weighted by molar-refractivity contribution is 6.10. The zero-order chi connectivity index (χ0) is 20.9. The minimum absolute atomic E-state index is 0.0670. The van der Waals surface area contributed by atoms with Gasteiger partial charge in [-0.05, 0) is 36.8 Å². The standard InChI is InChI=1S/C26H21N3O/c1-19-8-7-9-20(14-19)17-29-18-22(24-12-5-6-13-25(24)29)15-21(16-27)26(30)28-23-10-3-2-4-11-23/h2-15,18H,17H2,1H3,(H,28,30)/b21-15-. The van der Waals surface area contributed by atoms with Crippen molar-refractivity contribution in [1.29, 1.82) is 5.26 Å². The zero-order valence-corrected chi connectivity index (χ0v) is 16.7. The highest BCUT2D eigenvalue weighted by Gasteiger charge is 2.13. The highest BCUT2D eigenvalue weighted by Crippen LogP contribution is 2.25. The van der Waals surface area contributed by atoms with Gasteiger partial charge in [-0.25, -0.2) is 0 Å². The van der Waals surface area contributed by atoms with Crippen LogP contribution in [-0.2, 0) is 11.3 Å². The van der Waals surface area contributed by atoms with Crippen LogP contribution in [0.2, 0.25) is 0 Å². The molecule has 0 saturated heterocycles. The van der Waals surface area contributed by atoms with Crippen molar-refractivity contribution in [2.45, 2.75) is 13.5 Å². The number of aryl methyl sites for hydroxylation is 1. The van der Waals surface area contributed by atoms with E-state index in [1.807, 2.05) is 48.7 Å². The molecule has 0 fully saturated rings. The molecule has 0 bridgehead atoms. The topological polar surface area (TPSA) is 57.8 Å². The molecule has 1 heterocycles. The Morgan fingerprint density at radius 1 is 1.03 bits per heavy atom. The van der Waals surface area contributed by atoms with Gasteiger partial charge in [0.05, 0.1) is 0 Å². The fourth-order valence-corrected chi connectivity index (χ4v) is 3.55. The van der Waals surface area contributed by atoms with E-state index in [1.165, 1.54) is 11.1 Å². The van der Waals surface area contributed by atoms with Crippen LogP contribution < -0.4 is 5.32 Å². The first-order chi connectivity index (χ1) is 14.6. The number of hydrogen-bond donors (Lipinski definition) is 1. The van der Waals surface area contributed by atoms with E-state index < -0.39 is 5.91 Å². The molecular weight excluding hydrogens is 370 g/mol. The summed E-state index contributed by atoms with van der Waals surface area (Å²) in [5.41, 5.74) is 5.05. The van der Waals surface area contributed by atoms with Crippen molar-refractivity contribution in [3.63, 3.8) is 0 Å². The summed E-state index contributed by atoms with van der Waals surface area (Å²) in [5.74, 6) is -0.417. The number of nitrogens with one attached hydrogen (secondary N) is 1. The third-order valence-corrected chi connectivity index (χ3v) is 4.95. The number of benzene rings is 3. The Morgan fingerprint density at radius 2 is 1.80 bits per heavy atom. The van der Waals surface area contributed by atoms with Gasteiger partial charge < -0.3 is 9.88 Å². The molecule has 0 aliphatic rings. The van der Waals surface area contributed by atoms with Gasteiger partial charge >= 0.3 is 0 Å². The van der Waals surface area contributed by atoms with E-state index in [4.69, 9.17) is 0 Å². The van der Waals surface area contributed by atoms with Crippen LogP contribution in [0.3, 0.4) is 0 Å². The number of para-hydroxylation sites is 2. The molecule has 146 valence electrons. The van der Waals surface area contributed by atoms with E-state index in [0.717, 1.165) is 16.5 Å². The normalized spacial score (nSPS) is 11.3. The first-order valence-corrected chi connectivity index (χ1v) is 9.75. The number of hydrogen-bond acceptors (Lipinski definition) is 2. The first kappa shape index (κ1) is 19.2. The number of nitriles is 1. The van der Waals surface area contributed by atoms with Gasteiger partial charge in [-0.3, -0.25) is 4.79 Å². The molecular formula is C26H21N3O. The van der Waals surface area contributed by atoms with E-state index in [0.29, 0.717) is 12.2 Å². The van der Waals surface area contributed by atoms with E-state index in [9.17, 15) is 10.1 Å². The SMILES string of the molecule is Cc1cccc(Cn2cc(/C=C(/C#N)C(=O)Nc3ccccc3)c3ccccc32)c1. The van der Waals surface area contributed by atoms with Crippen LogP contribution >= 0.6 is 0 Å². The van der Waals surface area contributed by atoms with Crippen LogP contribution in [0.4, 0.5) is 5.69 Å². The molecule has 1 amide bonds. The first-order valence-electron chi connectivity index (χ1n) is 9.75. The minimum atomic E-state index is -0.417. The molecule has 1 N–H and O–H groups in total. The number of aromatic nitrogens is 1. The maximum absolute atomic E-state index is 12.6. The summed E-state index contributed by atoms with van der Waals surface area (Å²) in [5, 5.41) is 13.4. The number of carbonyl (C=O) groups is 1. The molecule has 4 nitrogen and oxygen atoms in total. The second-order valence-corrected chi connectivity index (χ2v) is 7.21. The molecule has 0 saturated carbocycles. The van der Waals surface area contributed by atoms with Gasteiger partial charge in [-0.1, -0.05) is 66.2 Å². The number of fused-ring (bicyclic) bond motifs is 1. The van der Waals surface area contributed by atoms with Crippen LogP contribution in [-0.4, -0.2) is 10.5 Å². The van der Waals surface area contributed by atoms with E-state index in [-0.39, 0.29) is 5.57 Å². The summed E-state index contributed by atoms with van der Waals surface area (Å²) < 4.78 is 2.15. The van der Waals surface area contributed by atoms with Gasteiger partial charge in [0.2, 0.25) is 0 Å². The lowest BCUT2D eigenvalue weighted by Crippen LogP contribution is -2.13. The summed E-state index contributed by atoms with van der Waals surface area (Å²) in [6.07, 6.45) is 3.66. The van der Waals surface area contributed by atoms with Crippen molar-refractivity contribution in [3.05, 3.63) is 107 Å². The third kappa shape index (κ3) is 4.16. The predicted octanol–water partition coefficient (Wildman–Crippen LogP) is 5.54. The van der Waals surface area contributed by atoms with Crippen molar-refractivity contribution in [3.8, 4) is 6.07 Å². The smallest absolute Gasteiger partial charge is 0.266 e. The molecule has 4 rings (SSSR count). The molecule has 4 aromatic rings. The van der Waals surface area contributed by atoms with Crippen molar-refractivity contribution in [2.75, 3.05) is 5.32 Å². The second kappa shape index (κ2) is 8.50. The van der Waals surface area contributed by atoms with Crippen LogP contribution in [0.5, 0.6) is 0 Å². The quantitative estimate of drug-likeness (QED) is 0.358. The van der Waals surface area contributed by atoms with Gasteiger partial charge in [0, 0.05) is 34.9 Å². The Balaban J connectivity index is 1.69. The number of amides is 1. The predicted molar refractivity (Wildman–Crippen MR) is 121 cm³/mol. The van der Waals surface area contributed by atoms with Gasteiger partial charge in [0.1, 0.15) is 11.6 Å². The van der Waals surface area contributed by atoms with Crippen LogP contribution in [0, 0.1) is 18.3 Å². The molecule has 0 spiro atoms. The number of carbonyl (C=O) groups excluding carboxylic acids is 1. The average molecular weight is 391 g/mol. The monoisotopic (exact) mass is 391 g/mol. The summed E-state index contributed by atoms with van der Waals surface area (Å²) in [6, 6.07) is 27.6. The molecule has 1 aromatic heterocycles. The van der Waals surface area contributed by atoms with Crippen molar-refractivity contribution < 1.29 is 4.79 Å². The van der Waals surface area contributed by atoms with Crippen LogP contribution in [0.1, 0.15) is 16.7 Å². The van der Waals surface area contributed by atoms with Crippen molar-refractivity contribution >= 4 is 28.6 Å². The lowest BCUT2D eigenvalue weighted by atomic mass is 10.1. The van der Waals surface area contributed by atoms with E-state index >= 15 is 0 Å². The maximum Gasteiger partial charge on any atom is 0.266 e. The number of rotatable bonds is 5. The van der Waals surface area contributed by atoms with Crippen molar-refractivity contribution in [2.24, 2.45) is 0 Å². The van der Waals surface area contributed by atoms with E-state index in [2.05, 4.69) is 47.1 Å². The number of nitrogens with zero attached hydrogens (tertiary/aromatic N) is 2. The Labute approximate surface area is 175 Å². The van der Waals surface area contributed by atoms with Gasteiger partial charge in [0.15, 0.2) is 0 Å². The summed E-state index contributed by atoms with van der Waals surface area (Å²) in [4.78, 5) is 12.6. The van der Waals surface area contributed by atoms with Gasteiger partial charge in [-0.2, -0.15) is 5.26 Å². The molecule has 0 atom stereocenters. The molecule has 0 aliphatic heterocycles. The van der Waals surface area contributed by atoms with Gasteiger partial charge in [-0.15, -0.1) is 0 Å². The molecule has 0 unspecified atom stereocenters.